The molecule has 0 bridgehead atoms. The summed E-state index contributed by atoms with van der Waals surface area (Å²) in [6.07, 6.45) is -4.79. The summed E-state index contributed by atoms with van der Waals surface area (Å²) in [7, 11) is 0. The topological polar surface area (TPSA) is 121 Å². The fourth-order valence-electron chi connectivity index (χ4n) is 1.42. The zero-order valence-corrected chi connectivity index (χ0v) is 9.29. The van der Waals surface area contributed by atoms with Crippen molar-refractivity contribution in [2.75, 3.05) is 0 Å². The SMILES string of the molecule is O=C(O)CC(O)C(O)c1cc([N+](=O)[O-])c(F)cc1F. The molecule has 0 aliphatic rings. The molecule has 1 aromatic carbocycles. The smallest absolute Gasteiger partial charge is 0.306 e. The molecule has 2 unspecified atom stereocenters. The Morgan fingerprint density at radius 2 is 1.89 bits per heavy atom. The highest BCUT2D eigenvalue weighted by Gasteiger charge is 2.27. The summed E-state index contributed by atoms with van der Waals surface area (Å²) in [6, 6.07) is 0.602. The van der Waals surface area contributed by atoms with Crippen LogP contribution in [0.3, 0.4) is 0 Å². The van der Waals surface area contributed by atoms with Gasteiger partial charge in [0.1, 0.15) is 11.9 Å². The third-order valence-electron chi connectivity index (χ3n) is 2.33. The van der Waals surface area contributed by atoms with Gasteiger partial charge in [-0.25, -0.2) is 4.39 Å². The van der Waals surface area contributed by atoms with E-state index in [1.54, 1.807) is 0 Å². The maximum Gasteiger partial charge on any atom is 0.306 e. The average molecular weight is 277 g/mol. The fraction of sp³-hybridized carbons (Fsp3) is 0.300. The summed E-state index contributed by atoms with van der Waals surface area (Å²) in [5, 5.41) is 37.7. The van der Waals surface area contributed by atoms with E-state index in [1.165, 1.54) is 0 Å². The first-order chi connectivity index (χ1) is 8.73. The molecule has 3 N–H and O–H groups in total. The number of carboxylic acid groups (broad SMARTS) is 1. The predicted octanol–water partition coefficient (Wildman–Crippen LogP) is 0.742. The maximum absolute atomic E-state index is 13.4. The lowest BCUT2D eigenvalue weighted by molar-refractivity contribution is -0.387. The van der Waals surface area contributed by atoms with Gasteiger partial charge >= 0.3 is 11.7 Å². The van der Waals surface area contributed by atoms with Gasteiger partial charge in [0, 0.05) is 17.7 Å². The monoisotopic (exact) mass is 277 g/mol. The molecule has 0 saturated carbocycles. The Balaban J connectivity index is 3.15. The molecular formula is C10H9F2NO6. The van der Waals surface area contributed by atoms with Gasteiger partial charge in [0.2, 0.25) is 5.82 Å². The Bertz CT molecular complexity index is 521. The summed E-state index contributed by atoms with van der Waals surface area (Å²) in [5.41, 5.74) is -1.83. The summed E-state index contributed by atoms with van der Waals surface area (Å²) in [5.74, 6) is -4.21. The van der Waals surface area contributed by atoms with E-state index < -0.39 is 52.4 Å². The van der Waals surface area contributed by atoms with Crippen LogP contribution in [0.5, 0.6) is 0 Å². The number of halogens is 2. The summed E-state index contributed by atoms with van der Waals surface area (Å²) < 4.78 is 26.4. The Morgan fingerprint density at radius 1 is 1.32 bits per heavy atom. The molecule has 1 rings (SSSR count). The van der Waals surface area contributed by atoms with Crippen LogP contribution in [-0.2, 0) is 4.79 Å². The van der Waals surface area contributed by atoms with Gasteiger partial charge in [0.05, 0.1) is 17.4 Å². The van der Waals surface area contributed by atoms with Gasteiger partial charge in [-0.05, 0) is 0 Å². The Morgan fingerprint density at radius 3 is 2.37 bits per heavy atom. The van der Waals surface area contributed by atoms with Crippen LogP contribution in [0, 0.1) is 21.7 Å². The number of carbonyl (C=O) groups is 1. The molecule has 0 aliphatic carbocycles. The van der Waals surface area contributed by atoms with E-state index >= 15 is 0 Å². The van der Waals surface area contributed by atoms with Gasteiger partial charge in [-0.15, -0.1) is 0 Å². The number of hydrogen-bond donors (Lipinski definition) is 3. The number of benzene rings is 1. The van der Waals surface area contributed by atoms with Crippen LogP contribution in [0.1, 0.15) is 18.1 Å². The van der Waals surface area contributed by atoms with E-state index in [2.05, 4.69) is 0 Å². The molecule has 0 aromatic heterocycles. The van der Waals surface area contributed by atoms with Crippen molar-refractivity contribution in [1.29, 1.82) is 0 Å². The fourth-order valence-corrected chi connectivity index (χ4v) is 1.42. The molecule has 0 aliphatic heterocycles. The third kappa shape index (κ3) is 3.42. The lowest BCUT2D eigenvalue weighted by Crippen LogP contribution is -2.22. The molecule has 0 radical (unpaired) electrons. The molecule has 9 heteroatoms. The molecule has 0 heterocycles. The van der Waals surface area contributed by atoms with Gasteiger partial charge in [0.25, 0.3) is 0 Å². The van der Waals surface area contributed by atoms with Gasteiger partial charge in [0.15, 0.2) is 0 Å². The number of nitro groups is 1. The Hall–Kier alpha value is -2.13. The van der Waals surface area contributed by atoms with Crippen LogP contribution in [-0.4, -0.2) is 32.3 Å². The summed E-state index contributed by atoms with van der Waals surface area (Å²) in [4.78, 5) is 19.7. The highest BCUT2D eigenvalue weighted by Crippen LogP contribution is 2.28. The van der Waals surface area contributed by atoms with Crippen molar-refractivity contribution in [3.8, 4) is 0 Å². The number of rotatable bonds is 5. The van der Waals surface area contributed by atoms with Crippen LogP contribution in [0.4, 0.5) is 14.5 Å². The molecule has 0 spiro atoms. The molecule has 7 nitrogen and oxygen atoms in total. The van der Waals surface area contributed by atoms with E-state index in [1.807, 2.05) is 0 Å². The minimum absolute atomic E-state index is 0.185. The lowest BCUT2D eigenvalue weighted by Gasteiger charge is -2.17. The van der Waals surface area contributed by atoms with Crippen molar-refractivity contribution in [3.05, 3.63) is 39.4 Å². The van der Waals surface area contributed by atoms with E-state index in [0.717, 1.165) is 0 Å². The number of aliphatic carboxylic acids is 1. The Kier molecular flexibility index (Phi) is 4.46. The Labute approximate surface area is 104 Å². The van der Waals surface area contributed by atoms with Crippen molar-refractivity contribution < 1.29 is 33.8 Å². The van der Waals surface area contributed by atoms with Crippen LogP contribution in [0.2, 0.25) is 0 Å². The van der Waals surface area contributed by atoms with E-state index in [0.29, 0.717) is 6.07 Å². The zero-order chi connectivity index (χ0) is 14.7. The quantitative estimate of drug-likeness (QED) is 0.539. The number of aliphatic hydroxyl groups is 2. The average Bonchev–Trinajstić information content (AvgIpc) is 2.26. The van der Waals surface area contributed by atoms with Crippen molar-refractivity contribution in [2.45, 2.75) is 18.6 Å². The number of nitro benzene ring substituents is 1. The second kappa shape index (κ2) is 5.67. The molecule has 104 valence electrons. The minimum atomic E-state index is -2.02. The van der Waals surface area contributed by atoms with Gasteiger partial charge < -0.3 is 15.3 Å². The first kappa shape index (κ1) is 14.9. The van der Waals surface area contributed by atoms with Crippen molar-refractivity contribution in [3.63, 3.8) is 0 Å². The first-order valence-electron chi connectivity index (χ1n) is 4.95. The second-order valence-corrected chi connectivity index (χ2v) is 3.69. The van der Waals surface area contributed by atoms with E-state index in [4.69, 9.17) is 5.11 Å². The highest BCUT2D eigenvalue weighted by molar-refractivity contribution is 5.67. The number of nitrogens with zero attached hydrogens (tertiary/aromatic N) is 1. The van der Waals surface area contributed by atoms with Crippen LogP contribution in [0.25, 0.3) is 0 Å². The molecular weight excluding hydrogens is 268 g/mol. The normalized spacial score (nSPS) is 13.9. The standard InChI is InChI=1S/C10H9F2NO6/c11-5-2-6(12)7(13(18)19)1-4(5)10(17)8(14)3-9(15)16/h1-2,8,10,14,17H,3H2,(H,15,16). The van der Waals surface area contributed by atoms with E-state index in [-0.39, 0.29) is 6.07 Å². The number of hydrogen-bond acceptors (Lipinski definition) is 5. The number of carboxylic acids is 1. The summed E-state index contributed by atoms with van der Waals surface area (Å²) in [6.45, 7) is 0. The van der Waals surface area contributed by atoms with Crippen LogP contribution in [0.15, 0.2) is 12.1 Å². The first-order valence-corrected chi connectivity index (χ1v) is 4.95. The van der Waals surface area contributed by atoms with Gasteiger partial charge in [-0.2, -0.15) is 4.39 Å². The minimum Gasteiger partial charge on any atom is -0.481 e. The van der Waals surface area contributed by atoms with Crippen molar-refractivity contribution >= 4 is 11.7 Å². The molecule has 2 atom stereocenters. The van der Waals surface area contributed by atoms with Crippen molar-refractivity contribution in [1.82, 2.24) is 0 Å². The van der Waals surface area contributed by atoms with Crippen molar-refractivity contribution in [2.24, 2.45) is 0 Å². The highest BCUT2D eigenvalue weighted by atomic mass is 19.1. The molecule has 0 amide bonds. The molecule has 0 fully saturated rings. The predicted molar refractivity (Wildman–Crippen MR) is 56.2 cm³/mol. The molecule has 1 aromatic rings. The molecule has 19 heavy (non-hydrogen) atoms. The maximum atomic E-state index is 13.4. The zero-order valence-electron chi connectivity index (χ0n) is 9.29. The second-order valence-electron chi connectivity index (χ2n) is 3.69. The summed E-state index contributed by atoms with van der Waals surface area (Å²) >= 11 is 0. The third-order valence-corrected chi connectivity index (χ3v) is 2.33. The van der Waals surface area contributed by atoms with Gasteiger partial charge in [-0.1, -0.05) is 0 Å². The largest absolute Gasteiger partial charge is 0.481 e. The van der Waals surface area contributed by atoms with Crippen LogP contribution < -0.4 is 0 Å². The number of aliphatic hydroxyl groups excluding tert-OH is 2. The van der Waals surface area contributed by atoms with Gasteiger partial charge in [-0.3, -0.25) is 14.9 Å². The molecule has 0 saturated heterocycles. The van der Waals surface area contributed by atoms with E-state index in [9.17, 15) is 33.9 Å². The van der Waals surface area contributed by atoms with Crippen LogP contribution >= 0.6 is 0 Å². The lowest BCUT2D eigenvalue weighted by atomic mass is 10.0.